The molecule has 0 unspecified atom stereocenters. The Kier molecular flexibility index (Phi) is 59.0. The molecule has 0 radical (unpaired) electrons. The summed E-state index contributed by atoms with van der Waals surface area (Å²) in [5.74, 6) is -0.893. The SMILES string of the molecule is CCC(CO)(CO)CO.CCCCCCCC/C=C\CCCCCCCC(=O)OCC(COC(=O)CCCCCCC/C=C\CCCCCCCC)OC(=O)CCCCCCC/C=C\CCCCCCCC. The highest BCUT2D eigenvalue weighted by atomic mass is 16.6. The van der Waals surface area contributed by atoms with E-state index in [1.54, 1.807) is 0 Å². The second-order valence-corrected chi connectivity index (χ2v) is 20.8. The van der Waals surface area contributed by atoms with E-state index in [0.717, 1.165) is 77.0 Å². The third-order valence-corrected chi connectivity index (χ3v) is 13.8. The molecule has 72 heavy (non-hydrogen) atoms. The fourth-order valence-corrected chi connectivity index (χ4v) is 8.38. The van der Waals surface area contributed by atoms with Crippen LogP contribution in [0, 0.1) is 5.41 Å². The molecule has 0 heterocycles. The first-order chi connectivity index (χ1) is 35.3. The van der Waals surface area contributed by atoms with Crippen molar-refractivity contribution in [2.24, 2.45) is 5.41 Å². The lowest BCUT2D eigenvalue weighted by Gasteiger charge is -2.24. The first-order valence-electron chi connectivity index (χ1n) is 30.6. The number of carbonyl (C=O) groups is 3. The average Bonchev–Trinajstić information content (AvgIpc) is 3.39. The number of ether oxygens (including phenoxy) is 3. The summed E-state index contributed by atoms with van der Waals surface area (Å²) in [6, 6.07) is 0. The molecule has 0 spiro atoms. The Labute approximate surface area is 445 Å². The minimum Gasteiger partial charge on any atom is -0.462 e. The van der Waals surface area contributed by atoms with Gasteiger partial charge in [-0.2, -0.15) is 0 Å². The summed E-state index contributed by atoms with van der Waals surface area (Å²) in [5.41, 5.74) is -0.667. The van der Waals surface area contributed by atoms with Crippen molar-refractivity contribution in [2.75, 3.05) is 33.0 Å². The molecule has 0 aromatic rings. The number of esters is 3. The first-order valence-corrected chi connectivity index (χ1v) is 30.6. The third-order valence-electron chi connectivity index (χ3n) is 13.8. The number of allylic oxidation sites excluding steroid dienone is 6. The minimum atomic E-state index is -0.781. The molecule has 0 atom stereocenters. The van der Waals surface area contributed by atoms with Gasteiger partial charge in [0.25, 0.3) is 0 Å². The zero-order valence-corrected chi connectivity index (χ0v) is 47.8. The van der Waals surface area contributed by atoms with Gasteiger partial charge in [0.1, 0.15) is 13.2 Å². The molecule has 0 aromatic heterocycles. The van der Waals surface area contributed by atoms with Gasteiger partial charge in [-0.25, -0.2) is 0 Å². The van der Waals surface area contributed by atoms with Crippen molar-refractivity contribution in [3.05, 3.63) is 36.5 Å². The van der Waals surface area contributed by atoms with E-state index in [4.69, 9.17) is 29.5 Å². The average molecular weight is 1020 g/mol. The van der Waals surface area contributed by atoms with Crippen LogP contribution in [-0.2, 0) is 28.6 Å². The molecule has 3 N–H and O–H groups in total. The van der Waals surface area contributed by atoms with Gasteiger partial charge in [-0.15, -0.1) is 0 Å². The van der Waals surface area contributed by atoms with E-state index in [9.17, 15) is 14.4 Å². The Bertz CT molecular complexity index is 1150. The molecule has 0 amide bonds. The van der Waals surface area contributed by atoms with E-state index < -0.39 is 11.5 Å². The summed E-state index contributed by atoms with van der Waals surface area (Å²) in [6.07, 6.45) is 61.8. The number of rotatable bonds is 54. The van der Waals surface area contributed by atoms with Crippen molar-refractivity contribution < 1.29 is 43.9 Å². The van der Waals surface area contributed by atoms with E-state index in [-0.39, 0.29) is 50.9 Å². The molecule has 0 fully saturated rings. The van der Waals surface area contributed by atoms with Crippen molar-refractivity contribution in [3.63, 3.8) is 0 Å². The second kappa shape index (κ2) is 59.4. The summed E-state index contributed by atoms with van der Waals surface area (Å²) in [4.78, 5) is 38.0. The zero-order valence-electron chi connectivity index (χ0n) is 47.8. The topological polar surface area (TPSA) is 140 Å². The van der Waals surface area contributed by atoms with Crippen LogP contribution < -0.4 is 0 Å². The van der Waals surface area contributed by atoms with E-state index >= 15 is 0 Å². The van der Waals surface area contributed by atoms with Crippen molar-refractivity contribution in [1.29, 1.82) is 0 Å². The molecule has 0 saturated heterocycles. The number of aliphatic hydroxyl groups is 3. The van der Waals surface area contributed by atoms with E-state index in [1.165, 1.54) is 173 Å². The lowest BCUT2D eigenvalue weighted by Crippen LogP contribution is -2.32. The Balaban J connectivity index is 0. The summed E-state index contributed by atoms with van der Waals surface area (Å²) < 4.78 is 16.8. The maximum absolute atomic E-state index is 12.8. The molecule has 9 nitrogen and oxygen atoms in total. The maximum Gasteiger partial charge on any atom is 0.306 e. The van der Waals surface area contributed by atoms with Crippen molar-refractivity contribution in [2.45, 2.75) is 310 Å². The molecule has 0 aliphatic rings. The highest BCUT2D eigenvalue weighted by Gasteiger charge is 2.25. The van der Waals surface area contributed by atoms with Crippen LogP contribution in [-0.4, -0.2) is 72.4 Å². The van der Waals surface area contributed by atoms with Crippen molar-refractivity contribution in [3.8, 4) is 0 Å². The van der Waals surface area contributed by atoms with Crippen LogP contribution in [0.3, 0.4) is 0 Å². The fraction of sp³-hybridized carbons (Fsp3) is 0.857. The van der Waals surface area contributed by atoms with E-state index in [1.807, 2.05) is 6.92 Å². The lowest BCUT2D eigenvalue weighted by atomic mass is 9.88. The lowest BCUT2D eigenvalue weighted by molar-refractivity contribution is -0.167. The summed E-state index contributed by atoms with van der Waals surface area (Å²) in [6.45, 7) is 7.98. The van der Waals surface area contributed by atoms with Gasteiger partial charge in [-0.3, -0.25) is 14.4 Å². The minimum absolute atomic E-state index is 0.0806. The van der Waals surface area contributed by atoms with Gasteiger partial charge in [0.15, 0.2) is 6.10 Å². The summed E-state index contributed by atoms with van der Waals surface area (Å²) in [5, 5.41) is 26.0. The highest BCUT2D eigenvalue weighted by Crippen LogP contribution is 2.19. The molecule has 0 bridgehead atoms. The summed E-state index contributed by atoms with van der Waals surface area (Å²) >= 11 is 0. The number of unbranched alkanes of at least 4 members (excludes halogenated alkanes) is 33. The van der Waals surface area contributed by atoms with Crippen LogP contribution in [0.25, 0.3) is 0 Å². The van der Waals surface area contributed by atoms with E-state index in [2.05, 4.69) is 57.2 Å². The van der Waals surface area contributed by atoms with Crippen LogP contribution in [0.5, 0.6) is 0 Å². The fourth-order valence-electron chi connectivity index (χ4n) is 8.38. The molecule has 0 aromatic carbocycles. The molecule has 9 heteroatoms. The number of hydrogen-bond acceptors (Lipinski definition) is 9. The predicted molar refractivity (Wildman–Crippen MR) is 304 cm³/mol. The van der Waals surface area contributed by atoms with Gasteiger partial charge < -0.3 is 29.5 Å². The molecule has 424 valence electrons. The molecule has 0 saturated carbocycles. The number of aliphatic hydroxyl groups excluding tert-OH is 3. The predicted octanol–water partition coefficient (Wildman–Crippen LogP) is 17.5. The molecule has 0 rings (SSSR count). The first kappa shape index (κ1) is 71.6. The van der Waals surface area contributed by atoms with Gasteiger partial charge >= 0.3 is 17.9 Å². The van der Waals surface area contributed by atoms with Crippen LogP contribution in [0.2, 0.25) is 0 Å². The van der Waals surface area contributed by atoms with Crippen molar-refractivity contribution >= 4 is 17.9 Å². The standard InChI is InChI=1S/C57H104O6.C6H14O3/c1-4-7-10-13-16-19-22-25-28-31-34-37-40-43-46-49-55(58)61-52-54(63-57(60)51-48-45-42-39-36-33-30-27-24-21-18-15-12-9-6-3)53-62-56(59)50-47-44-41-38-35-32-29-26-23-20-17-14-11-8-5-2;1-2-6(3-7,4-8)5-9/h25-30,54H,4-24,31-53H2,1-3H3;7-9H,2-5H2,1H3/b28-25-,29-26-,30-27-;. The van der Waals surface area contributed by atoms with Crippen LogP contribution >= 0.6 is 0 Å². The summed E-state index contributed by atoms with van der Waals surface area (Å²) in [7, 11) is 0. The third kappa shape index (κ3) is 53.8. The quantitative estimate of drug-likeness (QED) is 0.0235. The van der Waals surface area contributed by atoms with Gasteiger partial charge in [0.05, 0.1) is 19.8 Å². The maximum atomic E-state index is 12.8. The van der Waals surface area contributed by atoms with Crippen LogP contribution in [0.1, 0.15) is 304 Å². The second-order valence-electron chi connectivity index (χ2n) is 20.8. The zero-order chi connectivity index (χ0) is 53.1. The Morgan fingerprint density at radius 3 is 0.819 bits per heavy atom. The highest BCUT2D eigenvalue weighted by molar-refractivity contribution is 5.71. The molecule has 0 aliphatic carbocycles. The van der Waals surface area contributed by atoms with E-state index in [0.29, 0.717) is 25.7 Å². The van der Waals surface area contributed by atoms with Crippen molar-refractivity contribution in [1.82, 2.24) is 0 Å². The molecule has 0 aliphatic heterocycles. The largest absolute Gasteiger partial charge is 0.462 e. The van der Waals surface area contributed by atoms with Gasteiger partial charge in [-0.1, -0.05) is 218 Å². The van der Waals surface area contributed by atoms with Gasteiger partial charge in [-0.05, 0) is 103 Å². The Hall–Kier alpha value is -2.49. The number of hydrogen-bond donors (Lipinski definition) is 3. The Morgan fingerprint density at radius 2 is 0.583 bits per heavy atom. The molecular weight excluding hydrogens is 901 g/mol. The smallest absolute Gasteiger partial charge is 0.306 e. The Morgan fingerprint density at radius 1 is 0.347 bits per heavy atom. The number of carbonyl (C=O) groups excluding carboxylic acids is 3. The van der Waals surface area contributed by atoms with Crippen LogP contribution in [0.15, 0.2) is 36.5 Å². The van der Waals surface area contributed by atoms with Crippen LogP contribution in [0.4, 0.5) is 0 Å². The normalized spacial score (nSPS) is 11.8. The molecular formula is C63H118O9. The van der Waals surface area contributed by atoms with Gasteiger partial charge in [0.2, 0.25) is 0 Å². The van der Waals surface area contributed by atoms with Gasteiger partial charge in [0, 0.05) is 24.7 Å². The monoisotopic (exact) mass is 1020 g/mol.